The van der Waals surface area contributed by atoms with Gasteiger partial charge in [-0.2, -0.15) is 0 Å². The SMILES string of the molecule is Cc1cccn2c(C)c(C=O)nc12. The predicted octanol–water partition coefficient (Wildman–Crippen LogP) is 1.76. The molecule has 13 heavy (non-hydrogen) atoms. The highest BCUT2D eigenvalue weighted by molar-refractivity contribution is 5.76. The number of rotatable bonds is 1. The zero-order valence-electron chi connectivity index (χ0n) is 7.61. The van der Waals surface area contributed by atoms with E-state index in [4.69, 9.17) is 0 Å². The smallest absolute Gasteiger partial charge is 0.170 e. The Labute approximate surface area is 76.0 Å². The molecule has 3 nitrogen and oxygen atoms in total. The Morgan fingerprint density at radius 1 is 1.46 bits per heavy atom. The van der Waals surface area contributed by atoms with Gasteiger partial charge in [-0.05, 0) is 25.5 Å². The van der Waals surface area contributed by atoms with Crippen molar-refractivity contribution in [3.63, 3.8) is 0 Å². The molecule has 0 radical (unpaired) electrons. The van der Waals surface area contributed by atoms with Gasteiger partial charge in [0, 0.05) is 6.20 Å². The Morgan fingerprint density at radius 2 is 2.23 bits per heavy atom. The molecular formula is C10H10N2O. The van der Waals surface area contributed by atoms with Gasteiger partial charge in [0.05, 0.1) is 5.69 Å². The molecule has 0 saturated carbocycles. The van der Waals surface area contributed by atoms with Crippen LogP contribution in [0.15, 0.2) is 18.3 Å². The predicted molar refractivity (Wildman–Crippen MR) is 50.1 cm³/mol. The Kier molecular flexibility index (Phi) is 1.65. The molecule has 2 rings (SSSR count). The molecule has 0 fully saturated rings. The second-order valence-electron chi connectivity index (χ2n) is 3.09. The number of aromatic nitrogens is 2. The van der Waals surface area contributed by atoms with Crippen LogP contribution in [0.3, 0.4) is 0 Å². The maximum Gasteiger partial charge on any atom is 0.170 e. The van der Waals surface area contributed by atoms with Crippen molar-refractivity contribution in [3.8, 4) is 0 Å². The molecule has 0 N–H and O–H groups in total. The number of pyridine rings is 1. The minimum Gasteiger partial charge on any atom is -0.303 e. The highest BCUT2D eigenvalue weighted by atomic mass is 16.1. The van der Waals surface area contributed by atoms with Crippen LogP contribution >= 0.6 is 0 Å². The molecule has 3 heteroatoms. The standard InChI is InChI=1S/C10H10N2O/c1-7-4-3-5-12-8(2)9(6-13)11-10(7)12/h3-6H,1-2H3. The van der Waals surface area contributed by atoms with Crippen molar-refractivity contribution in [1.82, 2.24) is 9.38 Å². The molecule has 66 valence electrons. The van der Waals surface area contributed by atoms with Gasteiger partial charge in [0.25, 0.3) is 0 Å². The number of carbonyl (C=O) groups is 1. The van der Waals surface area contributed by atoms with Crippen LogP contribution in [0.4, 0.5) is 0 Å². The molecule has 0 saturated heterocycles. The quantitative estimate of drug-likeness (QED) is 0.617. The van der Waals surface area contributed by atoms with Crippen LogP contribution in [0.1, 0.15) is 21.7 Å². The summed E-state index contributed by atoms with van der Waals surface area (Å²) in [4.78, 5) is 14.9. The van der Waals surface area contributed by atoms with Gasteiger partial charge >= 0.3 is 0 Å². The zero-order chi connectivity index (χ0) is 9.42. The van der Waals surface area contributed by atoms with E-state index in [2.05, 4.69) is 4.98 Å². The van der Waals surface area contributed by atoms with Gasteiger partial charge in [-0.1, -0.05) is 6.07 Å². The van der Waals surface area contributed by atoms with Gasteiger partial charge < -0.3 is 4.40 Å². The Morgan fingerprint density at radius 3 is 2.85 bits per heavy atom. The van der Waals surface area contributed by atoms with Crippen LogP contribution < -0.4 is 0 Å². The zero-order valence-corrected chi connectivity index (χ0v) is 7.61. The maximum absolute atomic E-state index is 10.6. The van der Waals surface area contributed by atoms with E-state index in [0.717, 1.165) is 23.2 Å². The number of aryl methyl sites for hydroxylation is 2. The van der Waals surface area contributed by atoms with Crippen LogP contribution in [-0.2, 0) is 0 Å². The van der Waals surface area contributed by atoms with Crippen molar-refractivity contribution in [1.29, 1.82) is 0 Å². The van der Waals surface area contributed by atoms with Crippen LogP contribution in [0.5, 0.6) is 0 Å². The van der Waals surface area contributed by atoms with Gasteiger partial charge in [-0.15, -0.1) is 0 Å². The van der Waals surface area contributed by atoms with Crippen molar-refractivity contribution < 1.29 is 4.79 Å². The number of aldehydes is 1. The molecule has 0 aliphatic rings. The number of nitrogens with zero attached hydrogens (tertiary/aromatic N) is 2. The number of fused-ring (bicyclic) bond motifs is 1. The third kappa shape index (κ3) is 1.04. The second-order valence-corrected chi connectivity index (χ2v) is 3.09. The number of hydrogen-bond acceptors (Lipinski definition) is 2. The van der Waals surface area contributed by atoms with Gasteiger partial charge in [-0.3, -0.25) is 4.79 Å². The summed E-state index contributed by atoms with van der Waals surface area (Å²) < 4.78 is 1.93. The lowest BCUT2D eigenvalue weighted by atomic mass is 10.3. The van der Waals surface area contributed by atoms with Crippen molar-refractivity contribution >= 4 is 11.9 Å². The highest BCUT2D eigenvalue weighted by Crippen LogP contribution is 2.13. The molecule has 2 aromatic heterocycles. The third-order valence-corrected chi connectivity index (χ3v) is 2.23. The number of carbonyl (C=O) groups excluding carboxylic acids is 1. The number of hydrogen-bond donors (Lipinski definition) is 0. The Hall–Kier alpha value is -1.64. The van der Waals surface area contributed by atoms with E-state index in [-0.39, 0.29) is 0 Å². The molecule has 0 aromatic carbocycles. The largest absolute Gasteiger partial charge is 0.303 e. The van der Waals surface area contributed by atoms with E-state index in [1.807, 2.05) is 36.6 Å². The average molecular weight is 174 g/mol. The second kappa shape index (κ2) is 2.69. The molecular weight excluding hydrogens is 164 g/mol. The Balaban J connectivity index is 2.91. The van der Waals surface area contributed by atoms with Crippen LogP contribution in [0, 0.1) is 13.8 Å². The monoisotopic (exact) mass is 174 g/mol. The van der Waals surface area contributed by atoms with Crippen molar-refractivity contribution in [2.75, 3.05) is 0 Å². The normalized spacial score (nSPS) is 10.6. The van der Waals surface area contributed by atoms with E-state index in [0.29, 0.717) is 5.69 Å². The minimum absolute atomic E-state index is 0.523. The summed E-state index contributed by atoms with van der Waals surface area (Å²) in [6, 6.07) is 3.93. The summed E-state index contributed by atoms with van der Waals surface area (Å²) in [5.41, 5.74) is 3.36. The summed E-state index contributed by atoms with van der Waals surface area (Å²) in [5.74, 6) is 0. The highest BCUT2D eigenvalue weighted by Gasteiger charge is 2.07. The van der Waals surface area contributed by atoms with Gasteiger partial charge in [0.2, 0.25) is 0 Å². The third-order valence-electron chi connectivity index (χ3n) is 2.23. The summed E-state index contributed by atoms with van der Waals surface area (Å²) in [7, 11) is 0. The van der Waals surface area contributed by atoms with Crippen molar-refractivity contribution in [3.05, 3.63) is 35.3 Å². The molecule has 0 aliphatic heterocycles. The fourth-order valence-corrected chi connectivity index (χ4v) is 1.45. The average Bonchev–Trinajstić information content (AvgIpc) is 2.45. The van der Waals surface area contributed by atoms with Crippen LogP contribution in [0.25, 0.3) is 5.65 Å². The van der Waals surface area contributed by atoms with E-state index in [1.54, 1.807) is 0 Å². The van der Waals surface area contributed by atoms with Crippen molar-refractivity contribution in [2.24, 2.45) is 0 Å². The molecule has 2 aromatic rings. The van der Waals surface area contributed by atoms with Crippen LogP contribution in [0.2, 0.25) is 0 Å². The first-order valence-electron chi connectivity index (χ1n) is 4.13. The first-order valence-corrected chi connectivity index (χ1v) is 4.13. The lowest BCUT2D eigenvalue weighted by Gasteiger charge is -1.97. The summed E-state index contributed by atoms with van der Waals surface area (Å²) >= 11 is 0. The van der Waals surface area contributed by atoms with Gasteiger partial charge in [-0.25, -0.2) is 4.98 Å². The summed E-state index contributed by atoms with van der Waals surface area (Å²) in [6.07, 6.45) is 2.71. The summed E-state index contributed by atoms with van der Waals surface area (Å²) in [5, 5.41) is 0. The topological polar surface area (TPSA) is 34.4 Å². The van der Waals surface area contributed by atoms with E-state index in [9.17, 15) is 4.79 Å². The molecule has 0 bridgehead atoms. The molecule has 0 amide bonds. The molecule has 0 spiro atoms. The van der Waals surface area contributed by atoms with E-state index in [1.165, 1.54) is 0 Å². The lowest BCUT2D eigenvalue weighted by molar-refractivity contribution is 0.111. The fraction of sp³-hybridized carbons (Fsp3) is 0.200. The number of imidazole rings is 1. The molecule has 0 atom stereocenters. The first kappa shape index (κ1) is 7.98. The minimum atomic E-state index is 0.523. The van der Waals surface area contributed by atoms with E-state index >= 15 is 0 Å². The molecule has 0 aliphatic carbocycles. The Bertz CT molecular complexity index is 471. The van der Waals surface area contributed by atoms with Gasteiger partial charge in [0.15, 0.2) is 6.29 Å². The fourth-order valence-electron chi connectivity index (χ4n) is 1.45. The van der Waals surface area contributed by atoms with Crippen LogP contribution in [-0.4, -0.2) is 15.7 Å². The molecule has 2 heterocycles. The van der Waals surface area contributed by atoms with Gasteiger partial charge in [0.1, 0.15) is 11.3 Å². The first-order chi connectivity index (χ1) is 6.24. The molecule has 0 unspecified atom stereocenters. The maximum atomic E-state index is 10.6. The lowest BCUT2D eigenvalue weighted by Crippen LogP contribution is -1.88. The van der Waals surface area contributed by atoms with Crippen molar-refractivity contribution in [2.45, 2.75) is 13.8 Å². The van der Waals surface area contributed by atoms with E-state index < -0.39 is 0 Å². The summed E-state index contributed by atoms with van der Waals surface area (Å²) in [6.45, 7) is 3.87.